The topological polar surface area (TPSA) is 24.9 Å². The fourth-order valence-corrected chi connectivity index (χ4v) is 4.22. The number of hydrogen-bond donors (Lipinski definition) is 1. The summed E-state index contributed by atoms with van der Waals surface area (Å²) in [5.74, 6) is 0. The van der Waals surface area contributed by atoms with Gasteiger partial charge in [-0.15, -0.1) is 11.8 Å². The zero-order valence-electron chi connectivity index (χ0n) is 11.2. The Balaban J connectivity index is 2.07. The molecule has 4 heteroatoms. The summed E-state index contributed by atoms with van der Waals surface area (Å²) < 4.78 is 0. The Kier molecular flexibility index (Phi) is 4.57. The van der Waals surface area contributed by atoms with Gasteiger partial charge in [0.25, 0.3) is 0 Å². The summed E-state index contributed by atoms with van der Waals surface area (Å²) in [6.07, 6.45) is 5.50. The van der Waals surface area contributed by atoms with E-state index in [0.29, 0.717) is 21.7 Å². The lowest BCUT2D eigenvalue weighted by Gasteiger charge is -2.40. The van der Waals surface area contributed by atoms with Crippen molar-refractivity contribution in [1.82, 2.24) is 10.3 Å². The summed E-state index contributed by atoms with van der Waals surface area (Å²) in [6.45, 7) is 4.73. The van der Waals surface area contributed by atoms with Crippen molar-refractivity contribution in [2.45, 2.75) is 49.4 Å². The standard InChI is InChI=1S/C14H21ClN2S/c1-14(2)7-6-11(16-3)12(8-14)18-13-5-4-10(15)9-17-13/h4-5,9,11-12,16H,6-8H2,1-3H3. The van der Waals surface area contributed by atoms with Crippen molar-refractivity contribution < 1.29 is 0 Å². The van der Waals surface area contributed by atoms with Crippen LogP contribution >= 0.6 is 23.4 Å². The molecule has 1 heterocycles. The van der Waals surface area contributed by atoms with E-state index in [9.17, 15) is 0 Å². The first-order chi connectivity index (χ1) is 8.50. The number of hydrogen-bond acceptors (Lipinski definition) is 3. The maximum atomic E-state index is 5.87. The Morgan fingerprint density at radius 1 is 1.44 bits per heavy atom. The van der Waals surface area contributed by atoms with Gasteiger partial charge in [0, 0.05) is 17.5 Å². The van der Waals surface area contributed by atoms with Crippen LogP contribution in [0.3, 0.4) is 0 Å². The minimum absolute atomic E-state index is 0.442. The normalized spacial score (nSPS) is 27.1. The molecule has 1 saturated carbocycles. The molecule has 2 nitrogen and oxygen atoms in total. The van der Waals surface area contributed by atoms with Crippen molar-refractivity contribution in [2.24, 2.45) is 5.41 Å². The maximum Gasteiger partial charge on any atom is 0.0964 e. The summed E-state index contributed by atoms with van der Waals surface area (Å²) >= 11 is 7.75. The number of pyridine rings is 1. The molecule has 0 aromatic carbocycles. The van der Waals surface area contributed by atoms with Gasteiger partial charge in [-0.25, -0.2) is 4.98 Å². The first-order valence-corrected chi connectivity index (χ1v) is 7.71. The van der Waals surface area contributed by atoms with Gasteiger partial charge in [0.1, 0.15) is 0 Å². The molecule has 2 rings (SSSR count). The molecule has 100 valence electrons. The summed E-state index contributed by atoms with van der Waals surface area (Å²) in [7, 11) is 2.06. The van der Waals surface area contributed by atoms with Gasteiger partial charge in [0.2, 0.25) is 0 Å². The Morgan fingerprint density at radius 3 is 2.83 bits per heavy atom. The number of thioether (sulfide) groups is 1. The number of rotatable bonds is 3. The highest BCUT2D eigenvalue weighted by atomic mass is 35.5. The zero-order chi connectivity index (χ0) is 13.2. The zero-order valence-corrected chi connectivity index (χ0v) is 12.8. The highest BCUT2D eigenvalue weighted by Crippen LogP contribution is 2.42. The molecule has 1 N–H and O–H groups in total. The van der Waals surface area contributed by atoms with Crippen LogP contribution in [0.1, 0.15) is 33.1 Å². The van der Waals surface area contributed by atoms with Gasteiger partial charge in [-0.2, -0.15) is 0 Å². The molecule has 0 bridgehead atoms. The van der Waals surface area contributed by atoms with E-state index in [4.69, 9.17) is 11.6 Å². The Bertz CT molecular complexity index is 391. The average molecular weight is 285 g/mol. The van der Waals surface area contributed by atoms with Crippen molar-refractivity contribution in [2.75, 3.05) is 7.05 Å². The first-order valence-electron chi connectivity index (χ1n) is 6.46. The van der Waals surface area contributed by atoms with E-state index in [1.165, 1.54) is 19.3 Å². The van der Waals surface area contributed by atoms with Gasteiger partial charge in [-0.3, -0.25) is 0 Å². The van der Waals surface area contributed by atoms with E-state index in [1.807, 2.05) is 23.9 Å². The van der Waals surface area contributed by atoms with Gasteiger partial charge < -0.3 is 5.32 Å². The highest BCUT2D eigenvalue weighted by molar-refractivity contribution is 7.99. The minimum Gasteiger partial charge on any atom is -0.316 e. The molecule has 2 unspecified atom stereocenters. The molecule has 2 atom stereocenters. The number of halogens is 1. The van der Waals surface area contributed by atoms with Crippen LogP contribution in [0.5, 0.6) is 0 Å². The number of nitrogens with zero attached hydrogens (tertiary/aromatic N) is 1. The van der Waals surface area contributed by atoms with Crippen molar-refractivity contribution in [3.63, 3.8) is 0 Å². The van der Waals surface area contributed by atoms with Gasteiger partial charge >= 0.3 is 0 Å². The molecule has 0 saturated heterocycles. The van der Waals surface area contributed by atoms with E-state index in [-0.39, 0.29) is 0 Å². The Labute approximate surface area is 119 Å². The molecule has 1 fully saturated rings. The van der Waals surface area contributed by atoms with E-state index in [2.05, 4.69) is 31.2 Å². The molecule has 0 radical (unpaired) electrons. The van der Waals surface area contributed by atoms with Gasteiger partial charge in [-0.1, -0.05) is 25.4 Å². The number of nitrogens with one attached hydrogen (secondary N) is 1. The predicted octanol–water partition coefficient (Wildman–Crippen LogP) is 3.99. The summed E-state index contributed by atoms with van der Waals surface area (Å²) in [5.41, 5.74) is 0.442. The van der Waals surface area contributed by atoms with Crippen LogP contribution in [-0.2, 0) is 0 Å². The summed E-state index contributed by atoms with van der Waals surface area (Å²) in [4.78, 5) is 4.39. The van der Waals surface area contributed by atoms with Gasteiger partial charge in [-0.05, 0) is 43.9 Å². The van der Waals surface area contributed by atoms with Crippen LogP contribution < -0.4 is 5.32 Å². The Morgan fingerprint density at radius 2 is 2.22 bits per heavy atom. The fraction of sp³-hybridized carbons (Fsp3) is 0.643. The van der Waals surface area contributed by atoms with Crippen molar-refractivity contribution in [3.05, 3.63) is 23.4 Å². The van der Waals surface area contributed by atoms with Crippen LogP contribution in [0.2, 0.25) is 5.02 Å². The van der Waals surface area contributed by atoms with Gasteiger partial charge in [0.05, 0.1) is 10.0 Å². The molecule has 1 aliphatic rings. The quantitative estimate of drug-likeness (QED) is 0.908. The van der Waals surface area contributed by atoms with Crippen LogP contribution in [0.15, 0.2) is 23.4 Å². The second-order valence-electron chi connectivity index (χ2n) is 5.77. The SMILES string of the molecule is CNC1CCC(C)(C)CC1Sc1ccc(Cl)cn1. The van der Waals surface area contributed by atoms with Crippen LogP contribution in [0.4, 0.5) is 0 Å². The van der Waals surface area contributed by atoms with Crippen LogP contribution in [0, 0.1) is 5.41 Å². The highest BCUT2D eigenvalue weighted by Gasteiger charge is 2.34. The average Bonchev–Trinajstić information content (AvgIpc) is 2.31. The lowest BCUT2D eigenvalue weighted by atomic mass is 9.75. The molecule has 1 aromatic heterocycles. The molecule has 1 aliphatic carbocycles. The van der Waals surface area contributed by atoms with Gasteiger partial charge in [0.15, 0.2) is 0 Å². The second kappa shape index (κ2) is 5.81. The Hall–Kier alpha value is -0.250. The molecule has 0 aliphatic heterocycles. The lowest BCUT2D eigenvalue weighted by molar-refractivity contribution is 0.218. The van der Waals surface area contributed by atoms with Crippen molar-refractivity contribution >= 4 is 23.4 Å². The maximum absolute atomic E-state index is 5.87. The van der Waals surface area contributed by atoms with E-state index in [1.54, 1.807) is 6.20 Å². The van der Waals surface area contributed by atoms with Crippen LogP contribution in [-0.4, -0.2) is 23.3 Å². The molecule has 18 heavy (non-hydrogen) atoms. The molecular weight excluding hydrogens is 264 g/mol. The summed E-state index contributed by atoms with van der Waals surface area (Å²) in [5, 5.41) is 5.81. The fourth-order valence-electron chi connectivity index (χ4n) is 2.56. The monoisotopic (exact) mass is 284 g/mol. The molecule has 0 spiro atoms. The van der Waals surface area contributed by atoms with E-state index >= 15 is 0 Å². The third-order valence-corrected chi connectivity index (χ3v) is 5.18. The third-order valence-electron chi connectivity index (χ3n) is 3.68. The smallest absolute Gasteiger partial charge is 0.0964 e. The summed E-state index contributed by atoms with van der Waals surface area (Å²) in [6, 6.07) is 4.51. The van der Waals surface area contributed by atoms with Crippen molar-refractivity contribution in [1.29, 1.82) is 0 Å². The lowest BCUT2D eigenvalue weighted by Crippen LogP contribution is -2.43. The minimum atomic E-state index is 0.442. The first kappa shape index (κ1) is 14.2. The number of aromatic nitrogens is 1. The van der Waals surface area contributed by atoms with Crippen molar-refractivity contribution in [3.8, 4) is 0 Å². The van der Waals surface area contributed by atoms with E-state index in [0.717, 1.165) is 5.03 Å². The molecule has 0 amide bonds. The molecule has 1 aromatic rings. The largest absolute Gasteiger partial charge is 0.316 e. The van der Waals surface area contributed by atoms with Crippen LogP contribution in [0.25, 0.3) is 0 Å². The second-order valence-corrected chi connectivity index (χ2v) is 7.47. The predicted molar refractivity (Wildman–Crippen MR) is 79.4 cm³/mol. The third kappa shape index (κ3) is 3.62. The molecular formula is C14H21ClN2S. The van der Waals surface area contributed by atoms with E-state index < -0.39 is 0 Å².